The molecule has 2 aromatic heterocycles. The summed E-state index contributed by atoms with van der Waals surface area (Å²) in [5.41, 5.74) is 2.17. The number of hydrogen-bond acceptors (Lipinski definition) is 4. The molecular formula is C27H30F2N4O3. The van der Waals surface area contributed by atoms with Gasteiger partial charge < -0.3 is 19.9 Å². The maximum atomic E-state index is 14.2. The van der Waals surface area contributed by atoms with Gasteiger partial charge in [-0.1, -0.05) is 12.1 Å². The van der Waals surface area contributed by atoms with Gasteiger partial charge in [-0.15, -0.1) is 0 Å². The molecule has 1 atom stereocenters. The van der Waals surface area contributed by atoms with E-state index in [1.54, 1.807) is 42.3 Å². The number of carbonyl (C=O) groups excluding carboxylic acids is 2. The number of halogens is 2. The lowest BCUT2D eigenvalue weighted by Gasteiger charge is -2.42. The number of carbonyl (C=O) groups is 2. The van der Waals surface area contributed by atoms with E-state index in [2.05, 4.69) is 15.3 Å². The Kier molecular flexibility index (Phi) is 6.18. The number of anilines is 1. The van der Waals surface area contributed by atoms with Crippen LogP contribution >= 0.6 is 0 Å². The zero-order valence-electron chi connectivity index (χ0n) is 20.4. The Labute approximate surface area is 208 Å². The van der Waals surface area contributed by atoms with Gasteiger partial charge in [0.05, 0.1) is 23.6 Å². The normalized spacial score (nSPS) is 20.9. The van der Waals surface area contributed by atoms with Crippen molar-refractivity contribution in [2.45, 2.75) is 62.8 Å². The molecule has 0 spiro atoms. The van der Waals surface area contributed by atoms with E-state index in [9.17, 15) is 18.4 Å². The Morgan fingerprint density at radius 3 is 2.53 bits per heavy atom. The maximum absolute atomic E-state index is 14.2. The molecule has 3 heterocycles. The summed E-state index contributed by atoms with van der Waals surface area (Å²) in [5, 5.41) is 2.86. The number of pyridine rings is 1. The molecule has 2 N–H and O–H groups in total. The van der Waals surface area contributed by atoms with Crippen LogP contribution in [0, 0.1) is 6.92 Å². The molecule has 1 aromatic carbocycles. The standard InChI is InChI=1S/C27H30F2N4O3/c1-17-16-21-20(30-17)9-10-23(31-21)32-24(34)22-4-3-15-33(22)25(35)26(11-13-27(28,29)14-12-26)18-5-7-19(36-2)8-6-18/h5-10,16,22,30H,3-4,11-15H2,1-2H3,(H,31,32,34)/t22-/m1/s1. The van der Waals surface area contributed by atoms with E-state index in [1.165, 1.54) is 0 Å². The Balaban J connectivity index is 1.40. The second-order valence-corrected chi connectivity index (χ2v) is 9.89. The molecule has 1 aliphatic carbocycles. The largest absolute Gasteiger partial charge is 0.497 e. The predicted molar refractivity (Wildman–Crippen MR) is 132 cm³/mol. The van der Waals surface area contributed by atoms with Crippen molar-refractivity contribution in [3.05, 3.63) is 53.7 Å². The zero-order chi connectivity index (χ0) is 25.5. The summed E-state index contributed by atoms with van der Waals surface area (Å²) in [4.78, 5) is 36.7. The highest BCUT2D eigenvalue weighted by molar-refractivity contribution is 5.99. The van der Waals surface area contributed by atoms with Crippen LogP contribution in [0.4, 0.5) is 14.6 Å². The molecule has 1 saturated heterocycles. The molecule has 36 heavy (non-hydrogen) atoms. The maximum Gasteiger partial charge on any atom is 0.248 e. The molecule has 0 unspecified atom stereocenters. The number of benzene rings is 1. The fraction of sp³-hybridized carbons (Fsp3) is 0.444. The molecule has 5 rings (SSSR count). The number of H-pyrrole nitrogens is 1. The number of nitrogens with zero attached hydrogens (tertiary/aromatic N) is 2. The van der Waals surface area contributed by atoms with Crippen molar-refractivity contribution < 1.29 is 23.1 Å². The molecule has 2 amide bonds. The second-order valence-electron chi connectivity index (χ2n) is 9.89. The highest BCUT2D eigenvalue weighted by Gasteiger charge is 2.52. The Bertz CT molecular complexity index is 1280. The van der Waals surface area contributed by atoms with E-state index in [0.29, 0.717) is 36.5 Å². The van der Waals surface area contributed by atoms with Crippen molar-refractivity contribution in [1.29, 1.82) is 0 Å². The molecule has 1 aliphatic heterocycles. The van der Waals surface area contributed by atoms with E-state index < -0.39 is 17.4 Å². The number of fused-ring (bicyclic) bond motifs is 1. The van der Waals surface area contributed by atoms with Gasteiger partial charge >= 0.3 is 0 Å². The summed E-state index contributed by atoms with van der Waals surface area (Å²) >= 11 is 0. The first-order valence-electron chi connectivity index (χ1n) is 12.3. The van der Waals surface area contributed by atoms with Gasteiger partial charge in [0.2, 0.25) is 17.7 Å². The number of alkyl halides is 2. The highest BCUT2D eigenvalue weighted by Crippen LogP contribution is 2.47. The first-order valence-corrected chi connectivity index (χ1v) is 12.3. The number of nitrogens with one attached hydrogen (secondary N) is 2. The van der Waals surface area contributed by atoms with Crippen LogP contribution in [0.15, 0.2) is 42.5 Å². The molecule has 2 aliphatic rings. The first kappa shape index (κ1) is 24.2. The summed E-state index contributed by atoms with van der Waals surface area (Å²) in [6, 6.07) is 11.8. The van der Waals surface area contributed by atoms with Crippen LogP contribution in [-0.2, 0) is 15.0 Å². The molecule has 0 bridgehead atoms. The van der Waals surface area contributed by atoms with Crippen LogP contribution in [0.5, 0.6) is 5.75 Å². The Morgan fingerprint density at radius 2 is 1.83 bits per heavy atom. The van der Waals surface area contributed by atoms with Crippen molar-refractivity contribution in [3.63, 3.8) is 0 Å². The summed E-state index contributed by atoms with van der Waals surface area (Å²) in [6.07, 6.45) is 0.507. The SMILES string of the molecule is COc1ccc(C2(C(=O)N3CCC[C@@H]3C(=O)Nc3ccc4[nH]c(C)cc4n3)CCC(F)(F)CC2)cc1. The first-order chi connectivity index (χ1) is 17.2. The topological polar surface area (TPSA) is 87.3 Å². The average molecular weight is 497 g/mol. The molecule has 190 valence electrons. The van der Waals surface area contributed by atoms with Gasteiger partial charge in [0.15, 0.2) is 0 Å². The van der Waals surface area contributed by atoms with E-state index in [1.807, 2.05) is 19.1 Å². The fourth-order valence-electron chi connectivity index (χ4n) is 5.56. The van der Waals surface area contributed by atoms with Gasteiger partial charge in [0, 0.05) is 25.1 Å². The lowest BCUT2D eigenvalue weighted by Crippen LogP contribution is -2.54. The van der Waals surface area contributed by atoms with Crippen molar-refractivity contribution in [2.24, 2.45) is 0 Å². The van der Waals surface area contributed by atoms with Crippen molar-refractivity contribution in [2.75, 3.05) is 19.0 Å². The van der Waals surface area contributed by atoms with Gasteiger partial charge in [-0.2, -0.15) is 0 Å². The van der Waals surface area contributed by atoms with Crippen LogP contribution < -0.4 is 10.1 Å². The van der Waals surface area contributed by atoms with Crippen LogP contribution in [0.1, 0.15) is 49.8 Å². The zero-order valence-corrected chi connectivity index (χ0v) is 20.4. The number of likely N-dealkylation sites (tertiary alicyclic amines) is 1. The third kappa shape index (κ3) is 4.42. The summed E-state index contributed by atoms with van der Waals surface area (Å²) in [6.45, 7) is 2.34. The summed E-state index contributed by atoms with van der Waals surface area (Å²) in [7, 11) is 1.55. The molecule has 9 heteroatoms. The molecule has 1 saturated carbocycles. The third-order valence-corrected chi connectivity index (χ3v) is 7.56. The van der Waals surface area contributed by atoms with Crippen LogP contribution in [0.25, 0.3) is 11.0 Å². The van der Waals surface area contributed by atoms with Crippen LogP contribution in [-0.4, -0.2) is 52.3 Å². The number of aromatic nitrogens is 2. The van der Waals surface area contributed by atoms with Gasteiger partial charge in [-0.05, 0) is 68.5 Å². The number of aromatic amines is 1. The van der Waals surface area contributed by atoms with Crippen molar-refractivity contribution in [1.82, 2.24) is 14.9 Å². The van der Waals surface area contributed by atoms with Crippen LogP contribution in [0.3, 0.4) is 0 Å². The van der Waals surface area contributed by atoms with Crippen molar-refractivity contribution in [3.8, 4) is 5.75 Å². The number of methoxy groups -OCH3 is 1. The van der Waals surface area contributed by atoms with E-state index in [0.717, 1.165) is 16.7 Å². The molecular weight excluding hydrogens is 466 g/mol. The Hall–Kier alpha value is -3.49. The lowest BCUT2D eigenvalue weighted by atomic mass is 9.67. The van der Waals surface area contributed by atoms with E-state index in [4.69, 9.17) is 4.74 Å². The lowest BCUT2D eigenvalue weighted by molar-refractivity contribution is -0.146. The molecule has 2 fully saturated rings. The minimum atomic E-state index is -2.79. The van der Waals surface area contributed by atoms with Gasteiger partial charge in [-0.25, -0.2) is 13.8 Å². The van der Waals surface area contributed by atoms with Crippen LogP contribution in [0.2, 0.25) is 0 Å². The monoisotopic (exact) mass is 496 g/mol. The van der Waals surface area contributed by atoms with Gasteiger partial charge in [0.1, 0.15) is 17.6 Å². The smallest absolute Gasteiger partial charge is 0.248 e. The third-order valence-electron chi connectivity index (χ3n) is 7.56. The second kappa shape index (κ2) is 9.19. The molecule has 3 aromatic rings. The van der Waals surface area contributed by atoms with Crippen molar-refractivity contribution >= 4 is 28.7 Å². The number of ether oxygens (including phenoxy) is 1. The summed E-state index contributed by atoms with van der Waals surface area (Å²) in [5.74, 6) is -2.33. The average Bonchev–Trinajstić information content (AvgIpc) is 3.50. The minimum Gasteiger partial charge on any atom is -0.497 e. The number of rotatable bonds is 5. The Morgan fingerprint density at radius 1 is 1.11 bits per heavy atom. The van der Waals surface area contributed by atoms with Gasteiger partial charge in [0.25, 0.3) is 0 Å². The quantitative estimate of drug-likeness (QED) is 0.523. The van der Waals surface area contributed by atoms with E-state index >= 15 is 0 Å². The van der Waals surface area contributed by atoms with Gasteiger partial charge in [-0.3, -0.25) is 9.59 Å². The number of aryl methyl sites for hydroxylation is 1. The minimum absolute atomic E-state index is 0.0288. The molecule has 0 radical (unpaired) electrons. The van der Waals surface area contributed by atoms with E-state index in [-0.39, 0.29) is 37.5 Å². The highest BCUT2D eigenvalue weighted by atomic mass is 19.3. The predicted octanol–water partition coefficient (Wildman–Crippen LogP) is 4.96. The number of hydrogen-bond donors (Lipinski definition) is 2. The summed E-state index contributed by atoms with van der Waals surface area (Å²) < 4.78 is 33.6. The fourth-order valence-corrected chi connectivity index (χ4v) is 5.56. The number of amides is 2. The molecule has 7 nitrogen and oxygen atoms in total.